The zero-order valence-corrected chi connectivity index (χ0v) is 17.6. The number of benzene rings is 2. The molecule has 4 nitrogen and oxygen atoms in total. The second-order valence-corrected chi connectivity index (χ2v) is 8.62. The van der Waals surface area contributed by atoms with E-state index in [9.17, 15) is 14.3 Å². The summed E-state index contributed by atoms with van der Waals surface area (Å²) in [6.45, 7) is 5.51. The number of nitrogens with zero attached hydrogens (tertiary/aromatic N) is 1. The lowest BCUT2D eigenvalue weighted by Gasteiger charge is -2.34. The standard InChI is InChI=1S/C25H29FN2O2/c1-16-6-5-8-22(17(16)2)27-14-21-20-7-3-4-9-23(20)28(24(21)25(29)30)15-18-10-12-19(26)13-11-18/h3-4,7,9-13,16-17,22,27H,5-6,8,14-15H2,1-2H3,(H,29,30)/t16-,17+,22-/m1/s1. The van der Waals surface area contributed by atoms with Crippen LogP contribution in [0.3, 0.4) is 0 Å². The van der Waals surface area contributed by atoms with Gasteiger partial charge in [-0.15, -0.1) is 0 Å². The highest BCUT2D eigenvalue weighted by molar-refractivity contribution is 5.98. The molecule has 0 unspecified atom stereocenters. The fraction of sp³-hybridized carbons (Fsp3) is 0.400. The summed E-state index contributed by atoms with van der Waals surface area (Å²) in [7, 11) is 0. The van der Waals surface area contributed by atoms with E-state index in [0.29, 0.717) is 36.7 Å². The van der Waals surface area contributed by atoms with Crippen molar-refractivity contribution in [2.45, 2.75) is 52.2 Å². The van der Waals surface area contributed by atoms with Crippen LogP contribution in [0.1, 0.15) is 54.7 Å². The molecule has 1 aromatic heterocycles. The monoisotopic (exact) mass is 408 g/mol. The summed E-state index contributed by atoms with van der Waals surface area (Å²) in [6.07, 6.45) is 3.60. The minimum atomic E-state index is -0.935. The zero-order chi connectivity index (χ0) is 21.3. The summed E-state index contributed by atoms with van der Waals surface area (Å²) in [5.41, 5.74) is 2.89. The van der Waals surface area contributed by atoms with Crippen LogP contribution in [0.25, 0.3) is 10.9 Å². The number of aromatic carboxylic acids is 1. The maximum absolute atomic E-state index is 13.3. The fourth-order valence-electron chi connectivity index (χ4n) is 4.84. The summed E-state index contributed by atoms with van der Waals surface area (Å²) in [5.74, 6) is 0.0140. The molecule has 5 heteroatoms. The van der Waals surface area contributed by atoms with E-state index in [0.717, 1.165) is 28.5 Å². The smallest absolute Gasteiger partial charge is 0.352 e. The zero-order valence-electron chi connectivity index (χ0n) is 17.6. The van der Waals surface area contributed by atoms with Crippen LogP contribution < -0.4 is 5.32 Å². The van der Waals surface area contributed by atoms with Crippen molar-refractivity contribution in [2.75, 3.05) is 0 Å². The fourth-order valence-corrected chi connectivity index (χ4v) is 4.84. The number of para-hydroxylation sites is 1. The lowest BCUT2D eigenvalue weighted by atomic mass is 9.78. The molecule has 1 fully saturated rings. The number of halogens is 1. The van der Waals surface area contributed by atoms with Gasteiger partial charge < -0.3 is 15.0 Å². The third-order valence-electron chi connectivity index (χ3n) is 6.78. The minimum absolute atomic E-state index is 0.296. The van der Waals surface area contributed by atoms with Crippen LogP contribution in [0.15, 0.2) is 48.5 Å². The van der Waals surface area contributed by atoms with E-state index in [-0.39, 0.29) is 5.82 Å². The Hall–Kier alpha value is -2.66. The van der Waals surface area contributed by atoms with Gasteiger partial charge in [0.1, 0.15) is 11.5 Å². The minimum Gasteiger partial charge on any atom is -0.477 e. The highest BCUT2D eigenvalue weighted by Crippen LogP contribution is 2.31. The van der Waals surface area contributed by atoms with Gasteiger partial charge in [-0.1, -0.05) is 57.0 Å². The molecule has 1 aliphatic rings. The Kier molecular flexibility index (Phi) is 5.91. The van der Waals surface area contributed by atoms with E-state index in [2.05, 4.69) is 19.2 Å². The molecular weight excluding hydrogens is 379 g/mol. The molecule has 2 aromatic carbocycles. The molecule has 4 rings (SSSR count). The number of hydrogen-bond donors (Lipinski definition) is 2. The number of rotatable bonds is 6. The van der Waals surface area contributed by atoms with Gasteiger partial charge in [0.05, 0.1) is 0 Å². The van der Waals surface area contributed by atoms with Crippen LogP contribution in [0.5, 0.6) is 0 Å². The molecule has 1 heterocycles. The van der Waals surface area contributed by atoms with Crippen molar-refractivity contribution in [1.29, 1.82) is 0 Å². The second-order valence-electron chi connectivity index (χ2n) is 8.62. The summed E-state index contributed by atoms with van der Waals surface area (Å²) >= 11 is 0. The summed E-state index contributed by atoms with van der Waals surface area (Å²) in [6, 6.07) is 14.5. The average molecular weight is 409 g/mol. The predicted octanol–water partition coefficient (Wildman–Crippen LogP) is 5.44. The molecular formula is C25H29FN2O2. The molecule has 0 spiro atoms. The molecule has 3 aromatic rings. The number of hydrogen-bond acceptors (Lipinski definition) is 2. The largest absolute Gasteiger partial charge is 0.477 e. The van der Waals surface area contributed by atoms with Crippen LogP contribution in [0.4, 0.5) is 4.39 Å². The van der Waals surface area contributed by atoms with Crippen molar-refractivity contribution in [3.05, 3.63) is 71.2 Å². The normalized spacial score (nSPS) is 21.8. The van der Waals surface area contributed by atoms with Crippen LogP contribution in [-0.2, 0) is 13.1 Å². The highest BCUT2D eigenvalue weighted by Gasteiger charge is 2.28. The number of carboxylic acids is 1. The molecule has 0 amide bonds. The molecule has 0 aliphatic heterocycles. The van der Waals surface area contributed by atoms with Gasteiger partial charge in [-0.25, -0.2) is 9.18 Å². The lowest BCUT2D eigenvalue weighted by Crippen LogP contribution is -2.40. The third-order valence-corrected chi connectivity index (χ3v) is 6.78. The van der Waals surface area contributed by atoms with Gasteiger partial charge in [-0.05, 0) is 42.0 Å². The predicted molar refractivity (Wildman–Crippen MR) is 117 cm³/mol. The van der Waals surface area contributed by atoms with Crippen molar-refractivity contribution >= 4 is 16.9 Å². The third kappa shape index (κ3) is 3.99. The first kappa shape index (κ1) is 20.6. The van der Waals surface area contributed by atoms with E-state index >= 15 is 0 Å². The highest BCUT2D eigenvalue weighted by atomic mass is 19.1. The van der Waals surface area contributed by atoms with E-state index in [1.54, 1.807) is 12.1 Å². The van der Waals surface area contributed by atoms with E-state index < -0.39 is 5.97 Å². The molecule has 30 heavy (non-hydrogen) atoms. The number of fused-ring (bicyclic) bond motifs is 1. The van der Waals surface area contributed by atoms with Crippen LogP contribution in [0, 0.1) is 17.7 Å². The molecule has 0 bridgehead atoms. The van der Waals surface area contributed by atoms with Gasteiger partial charge in [-0.3, -0.25) is 0 Å². The molecule has 0 saturated heterocycles. The lowest BCUT2D eigenvalue weighted by molar-refractivity contribution is 0.0684. The maximum Gasteiger partial charge on any atom is 0.352 e. The topological polar surface area (TPSA) is 54.3 Å². The van der Waals surface area contributed by atoms with Gasteiger partial charge in [0.2, 0.25) is 0 Å². The van der Waals surface area contributed by atoms with Crippen molar-refractivity contribution in [3.63, 3.8) is 0 Å². The van der Waals surface area contributed by atoms with Gasteiger partial charge in [0, 0.05) is 35.6 Å². The van der Waals surface area contributed by atoms with Gasteiger partial charge in [-0.2, -0.15) is 0 Å². The van der Waals surface area contributed by atoms with Crippen LogP contribution >= 0.6 is 0 Å². The van der Waals surface area contributed by atoms with Crippen molar-refractivity contribution in [2.24, 2.45) is 11.8 Å². The van der Waals surface area contributed by atoms with Crippen molar-refractivity contribution in [1.82, 2.24) is 9.88 Å². The summed E-state index contributed by atoms with van der Waals surface area (Å²) < 4.78 is 15.2. The first-order valence-corrected chi connectivity index (χ1v) is 10.8. The molecule has 3 atom stereocenters. The van der Waals surface area contributed by atoms with Crippen molar-refractivity contribution in [3.8, 4) is 0 Å². The Morgan fingerprint density at radius 1 is 1.13 bits per heavy atom. The second kappa shape index (κ2) is 8.60. The molecule has 158 valence electrons. The Bertz CT molecular complexity index is 1040. The first-order chi connectivity index (χ1) is 14.5. The summed E-state index contributed by atoms with van der Waals surface area (Å²) in [4.78, 5) is 12.3. The first-order valence-electron chi connectivity index (χ1n) is 10.8. The van der Waals surface area contributed by atoms with Gasteiger partial charge in [0.15, 0.2) is 0 Å². The molecule has 1 aliphatic carbocycles. The molecule has 1 saturated carbocycles. The number of aromatic nitrogens is 1. The Morgan fingerprint density at radius 3 is 2.60 bits per heavy atom. The Labute approximate surface area is 176 Å². The maximum atomic E-state index is 13.3. The van der Waals surface area contributed by atoms with E-state index in [1.807, 2.05) is 28.8 Å². The Morgan fingerprint density at radius 2 is 1.87 bits per heavy atom. The molecule has 2 N–H and O–H groups in total. The van der Waals surface area contributed by atoms with Crippen LogP contribution in [0.2, 0.25) is 0 Å². The number of nitrogens with one attached hydrogen (secondary N) is 1. The molecule has 0 radical (unpaired) electrons. The summed E-state index contributed by atoms with van der Waals surface area (Å²) in [5, 5.41) is 14.7. The van der Waals surface area contributed by atoms with E-state index in [1.165, 1.54) is 25.0 Å². The van der Waals surface area contributed by atoms with Gasteiger partial charge in [0.25, 0.3) is 0 Å². The average Bonchev–Trinajstić information content (AvgIpc) is 3.04. The Balaban J connectivity index is 1.71. The SMILES string of the molecule is C[C@H]1[C@H](C)CCC[C@H]1NCc1c(C(=O)O)n(Cc2ccc(F)cc2)c2ccccc12. The number of carboxylic acid groups (broad SMARTS) is 1. The quantitative estimate of drug-likeness (QED) is 0.571. The van der Waals surface area contributed by atoms with Crippen molar-refractivity contribution < 1.29 is 14.3 Å². The van der Waals surface area contributed by atoms with Gasteiger partial charge >= 0.3 is 5.97 Å². The number of carbonyl (C=O) groups is 1. The van der Waals surface area contributed by atoms with Crippen LogP contribution in [-0.4, -0.2) is 21.7 Å². The van der Waals surface area contributed by atoms with E-state index in [4.69, 9.17) is 0 Å².